The van der Waals surface area contributed by atoms with Gasteiger partial charge in [-0.25, -0.2) is 0 Å². The lowest BCUT2D eigenvalue weighted by atomic mass is 9.85. The summed E-state index contributed by atoms with van der Waals surface area (Å²) in [5.74, 6) is 0.461. The fraction of sp³-hybridized carbons (Fsp3) is 0.619. The maximum Gasteiger partial charge on any atom is 0.136 e. The van der Waals surface area contributed by atoms with Crippen molar-refractivity contribution in [3.63, 3.8) is 0 Å². The molecule has 0 saturated heterocycles. The summed E-state index contributed by atoms with van der Waals surface area (Å²) in [5.41, 5.74) is 2.28. The molecule has 0 fully saturated rings. The highest BCUT2D eigenvalue weighted by Gasteiger charge is 2.22. The van der Waals surface area contributed by atoms with Crippen LogP contribution >= 0.6 is 0 Å². The van der Waals surface area contributed by atoms with Crippen molar-refractivity contribution in [2.24, 2.45) is 11.8 Å². The highest BCUT2D eigenvalue weighted by Crippen LogP contribution is 2.28. The molecule has 0 atom stereocenters. The summed E-state index contributed by atoms with van der Waals surface area (Å²) in [5, 5.41) is 0. The predicted molar refractivity (Wildman–Crippen MR) is 102 cm³/mol. The Labute approximate surface area is 147 Å². The second kappa shape index (κ2) is 9.61. The Bertz CT molecular complexity index is 505. The highest BCUT2D eigenvalue weighted by atomic mass is 16.1. The Kier molecular flexibility index (Phi) is 8.17. The average molecular weight is 332 g/mol. The molecule has 0 aromatic heterocycles. The second-order valence-electron chi connectivity index (χ2n) is 7.11. The van der Waals surface area contributed by atoms with E-state index in [2.05, 4.69) is 43.0 Å². The van der Waals surface area contributed by atoms with Crippen molar-refractivity contribution in [2.45, 2.75) is 60.3 Å². The number of hydrogen-bond acceptors (Lipinski definition) is 3. The molecule has 3 heteroatoms. The number of anilines is 1. The minimum Gasteiger partial charge on any atom is -0.372 e. The van der Waals surface area contributed by atoms with Crippen LogP contribution in [0.4, 0.5) is 5.69 Å². The first kappa shape index (κ1) is 20.4. The Morgan fingerprint density at radius 1 is 0.833 bits per heavy atom. The molecule has 0 aliphatic heterocycles. The molecule has 0 bridgehead atoms. The molecule has 0 N–H and O–H groups in total. The number of nitrogens with zero attached hydrogens (tertiary/aromatic N) is 1. The number of benzene rings is 1. The first-order valence-electron chi connectivity index (χ1n) is 9.20. The smallest absolute Gasteiger partial charge is 0.136 e. The number of ketones is 2. The first-order chi connectivity index (χ1) is 11.3. The van der Waals surface area contributed by atoms with Gasteiger partial charge in [-0.05, 0) is 37.5 Å². The van der Waals surface area contributed by atoms with E-state index in [-0.39, 0.29) is 29.3 Å². The molecule has 3 nitrogen and oxygen atoms in total. The summed E-state index contributed by atoms with van der Waals surface area (Å²) in [6.07, 6.45) is 0.890. The number of hydrogen-bond donors (Lipinski definition) is 0. The van der Waals surface area contributed by atoms with E-state index in [9.17, 15) is 9.59 Å². The van der Waals surface area contributed by atoms with Gasteiger partial charge in [-0.2, -0.15) is 0 Å². The van der Waals surface area contributed by atoms with Crippen LogP contribution in [-0.4, -0.2) is 24.7 Å². The van der Waals surface area contributed by atoms with E-state index in [1.807, 2.05) is 27.7 Å². The van der Waals surface area contributed by atoms with Crippen LogP contribution in [-0.2, 0) is 9.59 Å². The van der Waals surface area contributed by atoms with Crippen LogP contribution in [0, 0.1) is 11.8 Å². The topological polar surface area (TPSA) is 37.4 Å². The molecule has 0 heterocycles. The number of carbonyl (C=O) groups excluding carboxylic acids is 2. The number of carbonyl (C=O) groups is 2. The van der Waals surface area contributed by atoms with Crippen LogP contribution in [0.3, 0.4) is 0 Å². The van der Waals surface area contributed by atoms with Crippen molar-refractivity contribution < 1.29 is 9.59 Å². The van der Waals surface area contributed by atoms with Crippen molar-refractivity contribution in [1.29, 1.82) is 0 Å². The zero-order valence-corrected chi connectivity index (χ0v) is 16.1. The third-order valence-electron chi connectivity index (χ3n) is 4.68. The van der Waals surface area contributed by atoms with Crippen molar-refractivity contribution in [3.8, 4) is 0 Å². The van der Waals surface area contributed by atoms with Crippen molar-refractivity contribution in [2.75, 3.05) is 18.0 Å². The Balaban J connectivity index is 3.00. The van der Waals surface area contributed by atoms with Gasteiger partial charge in [-0.15, -0.1) is 0 Å². The van der Waals surface area contributed by atoms with Gasteiger partial charge in [-0.1, -0.05) is 39.8 Å². The summed E-state index contributed by atoms with van der Waals surface area (Å²) in [7, 11) is 0. The fourth-order valence-corrected chi connectivity index (χ4v) is 2.81. The molecule has 1 aromatic carbocycles. The van der Waals surface area contributed by atoms with Gasteiger partial charge in [0.05, 0.1) is 0 Å². The van der Waals surface area contributed by atoms with E-state index >= 15 is 0 Å². The zero-order chi connectivity index (χ0) is 18.3. The highest BCUT2D eigenvalue weighted by molar-refractivity contribution is 5.84. The molecule has 0 radical (unpaired) electrons. The molecule has 24 heavy (non-hydrogen) atoms. The molecule has 134 valence electrons. The van der Waals surface area contributed by atoms with Crippen LogP contribution in [0.5, 0.6) is 0 Å². The number of Topliss-reactive ketones (excluding diaryl/α,β-unsaturated/α-hetero) is 2. The molecule has 0 unspecified atom stereocenters. The third-order valence-corrected chi connectivity index (χ3v) is 4.68. The van der Waals surface area contributed by atoms with Crippen LogP contribution in [0.25, 0.3) is 0 Å². The second-order valence-corrected chi connectivity index (χ2v) is 7.11. The van der Waals surface area contributed by atoms with Gasteiger partial charge in [0.2, 0.25) is 0 Å². The van der Waals surface area contributed by atoms with Gasteiger partial charge in [0.25, 0.3) is 0 Å². The van der Waals surface area contributed by atoms with Gasteiger partial charge in [-0.3, -0.25) is 9.59 Å². The minimum atomic E-state index is -0.0134. The maximum absolute atomic E-state index is 12.2. The maximum atomic E-state index is 12.2. The van der Waals surface area contributed by atoms with E-state index in [0.29, 0.717) is 12.8 Å². The SMILES string of the molecule is CCN(CC)c1ccc(C(CC(=O)C(C)C)CC(=O)C(C)C)cc1. The third kappa shape index (κ3) is 5.77. The number of rotatable bonds is 10. The van der Waals surface area contributed by atoms with Crippen molar-refractivity contribution in [3.05, 3.63) is 29.8 Å². The predicted octanol–water partition coefficient (Wildman–Crippen LogP) is 4.85. The van der Waals surface area contributed by atoms with Crippen LogP contribution < -0.4 is 4.90 Å². The summed E-state index contributed by atoms with van der Waals surface area (Å²) >= 11 is 0. The first-order valence-corrected chi connectivity index (χ1v) is 9.20. The molecule has 0 aliphatic rings. The lowest BCUT2D eigenvalue weighted by molar-refractivity contribution is -0.123. The lowest BCUT2D eigenvalue weighted by Gasteiger charge is -2.23. The Morgan fingerprint density at radius 2 is 1.25 bits per heavy atom. The monoisotopic (exact) mass is 331 g/mol. The van der Waals surface area contributed by atoms with Gasteiger partial charge in [0.1, 0.15) is 11.6 Å². The molecule has 1 rings (SSSR count). The van der Waals surface area contributed by atoms with E-state index in [4.69, 9.17) is 0 Å². The van der Waals surface area contributed by atoms with E-state index < -0.39 is 0 Å². The van der Waals surface area contributed by atoms with Gasteiger partial charge < -0.3 is 4.90 Å². The van der Waals surface area contributed by atoms with Gasteiger partial charge >= 0.3 is 0 Å². The Hall–Kier alpha value is -1.64. The van der Waals surface area contributed by atoms with Crippen LogP contribution in [0.2, 0.25) is 0 Å². The molecular weight excluding hydrogens is 298 g/mol. The molecule has 1 aromatic rings. The molecule has 0 spiro atoms. The van der Waals surface area contributed by atoms with Crippen LogP contribution in [0.1, 0.15) is 65.9 Å². The molecule has 0 aliphatic carbocycles. The molecule has 0 saturated carbocycles. The quantitative estimate of drug-likeness (QED) is 0.615. The standard InChI is InChI=1S/C21H33NO2/c1-7-22(8-2)19-11-9-17(10-12-19)18(13-20(23)15(3)4)14-21(24)16(5)6/h9-12,15-16,18H,7-8,13-14H2,1-6H3. The fourth-order valence-electron chi connectivity index (χ4n) is 2.81. The average Bonchev–Trinajstić information content (AvgIpc) is 2.55. The van der Waals surface area contributed by atoms with Gasteiger partial charge in [0.15, 0.2) is 0 Å². The minimum absolute atomic E-state index is 0.0107. The van der Waals surface area contributed by atoms with Crippen LogP contribution in [0.15, 0.2) is 24.3 Å². The molecular formula is C21H33NO2. The lowest BCUT2D eigenvalue weighted by Crippen LogP contribution is -2.22. The van der Waals surface area contributed by atoms with Gasteiger partial charge in [0, 0.05) is 43.5 Å². The van der Waals surface area contributed by atoms with Crippen molar-refractivity contribution in [1.82, 2.24) is 0 Å². The van der Waals surface area contributed by atoms with Crippen molar-refractivity contribution >= 4 is 17.3 Å². The Morgan fingerprint density at radius 3 is 1.58 bits per heavy atom. The van der Waals surface area contributed by atoms with E-state index in [0.717, 1.165) is 18.7 Å². The summed E-state index contributed by atoms with van der Waals surface area (Å²) in [6.45, 7) is 13.9. The summed E-state index contributed by atoms with van der Waals surface area (Å²) in [6, 6.07) is 8.38. The largest absolute Gasteiger partial charge is 0.372 e. The zero-order valence-electron chi connectivity index (χ0n) is 16.1. The summed E-state index contributed by atoms with van der Waals surface area (Å²) in [4.78, 5) is 26.7. The van der Waals surface area contributed by atoms with E-state index in [1.165, 1.54) is 5.69 Å². The molecule has 0 amide bonds. The summed E-state index contributed by atoms with van der Waals surface area (Å²) < 4.78 is 0. The normalized spacial score (nSPS) is 11.4. The van der Waals surface area contributed by atoms with E-state index in [1.54, 1.807) is 0 Å².